The zero-order valence-electron chi connectivity index (χ0n) is 19.8. The monoisotopic (exact) mass is 480 g/mol. The first-order valence-electron chi connectivity index (χ1n) is 11.5. The lowest BCUT2D eigenvalue weighted by atomic mass is 9.94. The van der Waals surface area contributed by atoms with Gasteiger partial charge < -0.3 is 19.5 Å². The molecule has 6 nitrogen and oxygen atoms in total. The summed E-state index contributed by atoms with van der Waals surface area (Å²) in [6, 6.07) is 13.7. The van der Waals surface area contributed by atoms with Gasteiger partial charge in [-0.05, 0) is 80.4 Å². The second kappa shape index (κ2) is 10.3. The smallest absolute Gasteiger partial charge is 0.258 e. The van der Waals surface area contributed by atoms with Gasteiger partial charge in [0.15, 0.2) is 5.11 Å². The van der Waals surface area contributed by atoms with Crippen molar-refractivity contribution in [2.75, 3.05) is 13.2 Å². The fourth-order valence-electron chi connectivity index (χ4n) is 3.94. The Morgan fingerprint density at radius 2 is 1.85 bits per heavy atom. The summed E-state index contributed by atoms with van der Waals surface area (Å²) in [6.45, 7) is 9.76. The van der Waals surface area contributed by atoms with E-state index in [9.17, 15) is 4.39 Å². The summed E-state index contributed by atoms with van der Waals surface area (Å²) in [7, 11) is 0. The van der Waals surface area contributed by atoms with Crippen LogP contribution in [0.3, 0.4) is 0 Å². The first-order valence-corrected chi connectivity index (χ1v) is 11.9. The van der Waals surface area contributed by atoms with Crippen LogP contribution in [0.1, 0.15) is 51.6 Å². The lowest BCUT2D eigenvalue weighted by Crippen LogP contribution is -2.46. The Morgan fingerprint density at radius 3 is 2.50 bits per heavy atom. The van der Waals surface area contributed by atoms with E-state index in [1.807, 2.05) is 38.1 Å². The number of rotatable bonds is 8. The Kier molecular flexibility index (Phi) is 7.26. The van der Waals surface area contributed by atoms with Crippen LogP contribution in [0.2, 0.25) is 0 Å². The molecule has 1 unspecified atom stereocenters. The molecule has 0 bridgehead atoms. The lowest BCUT2D eigenvalue weighted by Gasteiger charge is -2.37. The molecule has 0 spiro atoms. The van der Waals surface area contributed by atoms with E-state index >= 15 is 0 Å². The van der Waals surface area contributed by atoms with Gasteiger partial charge in [0, 0.05) is 17.8 Å². The van der Waals surface area contributed by atoms with Crippen molar-refractivity contribution in [3.05, 3.63) is 71.5 Å². The lowest BCUT2D eigenvalue weighted by molar-refractivity contribution is 0.340. The van der Waals surface area contributed by atoms with Gasteiger partial charge in [0.1, 0.15) is 11.6 Å². The minimum absolute atomic E-state index is 0.264. The van der Waals surface area contributed by atoms with Crippen LogP contribution in [0, 0.1) is 11.7 Å². The number of aromatic nitrogens is 2. The Hall–Kier alpha value is -3.26. The molecule has 3 aromatic rings. The average molecular weight is 481 g/mol. The van der Waals surface area contributed by atoms with Gasteiger partial charge in [-0.25, -0.2) is 4.39 Å². The van der Waals surface area contributed by atoms with E-state index in [1.54, 1.807) is 12.1 Å². The van der Waals surface area contributed by atoms with E-state index in [-0.39, 0.29) is 11.9 Å². The molecule has 0 radical (unpaired) electrons. The van der Waals surface area contributed by atoms with Gasteiger partial charge >= 0.3 is 0 Å². The van der Waals surface area contributed by atoms with E-state index in [0.717, 1.165) is 35.5 Å². The summed E-state index contributed by atoms with van der Waals surface area (Å²) >= 11 is 5.75. The number of thiocarbonyl (C=S) groups is 1. The summed E-state index contributed by atoms with van der Waals surface area (Å²) in [5.41, 5.74) is 3.52. The number of allylic oxidation sites excluding steroid dienone is 1. The molecule has 2 aromatic carbocycles. The van der Waals surface area contributed by atoms with Crippen molar-refractivity contribution in [3.63, 3.8) is 0 Å². The molecule has 2 heterocycles. The average Bonchev–Trinajstić information content (AvgIpc) is 3.29. The maximum atomic E-state index is 13.4. The zero-order valence-corrected chi connectivity index (χ0v) is 20.7. The number of hydrogen-bond acceptors (Lipinski definition) is 5. The van der Waals surface area contributed by atoms with Gasteiger partial charge in [-0.1, -0.05) is 31.1 Å². The van der Waals surface area contributed by atoms with Crippen LogP contribution in [0.25, 0.3) is 17.0 Å². The van der Waals surface area contributed by atoms with Crippen molar-refractivity contribution in [1.82, 2.24) is 20.4 Å². The maximum absolute atomic E-state index is 13.4. The second-order valence-electron chi connectivity index (χ2n) is 8.65. The molecule has 0 saturated carbocycles. The Morgan fingerprint density at radius 1 is 1.15 bits per heavy atom. The quantitative estimate of drug-likeness (QED) is 0.398. The molecular formula is C26H29FN4O2S. The first kappa shape index (κ1) is 23.9. The van der Waals surface area contributed by atoms with Crippen LogP contribution in [0.5, 0.6) is 5.75 Å². The Balaban J connectivity index is 1.75. The third kappa shape index (κ3) is 5.12. The fourth-order valence-corrected chi connectivity index (χ4v) is 4.28. The summed E-state index contributed by atoms with van der Waals surface area (Å²) in [4.78, 5) is 6.76. The number of benzene rings is 2. The van der Waals surface area contributed by atoms with Crippen LogP contribution >= 0.6 is 12.2 Å². The third-order valence-corrected chi connectivity index (χ3v) is 6.15. The summed E-state index contributed by atoms with van der Waals surface area (Å²) in [6.07, 6.45) is 0.991. The predicted molar refractivity (Wildman–Crippen MR) is 135 cm³/mol. The van der Waals surface area contributed by atoms with Gasteiger partial charge in [0.2, 0.25) is 5.82 Å². The molecule has 1 aromatic heterocycles. The first-order chi connectivity index (χ1) is 16.4. The SMILES string of the molecule is CCOc1ccc(C2NC(=S)N(CCC(C)C)C(C)=C2c2nc(-c3ccc(F)cc3)no2)cc1. The van der Waals surface area contributed by atoms with Gasteiger partial charge in [-0.2, -0.15) is 4.98 Å². The molecule has 4 rings (SSSR count). The van der Waals surface area contributed by atoms with E-state index in [1.165, 1.54) is 12.1 Å². The van der Waals surface area contributed by atoms with E-state index < -0.39 is 0 Å². The molecule has 0 aliphatic carbocycles. The van der Waals surface area contributed by atoms with Crippen molar-refractivity contribution >= 4 is 22.9 Å². The number of halogens is 1. The van der Waals surface area contributed by atoms with Crippen LogP contribution in [0.15, 0.2) is 58.8 Å². The van der Waals surface area contributed by atoms with Crippen molar-refractivity contribution in [3.8, 4) is 17.1 Å². The third-order valence-electron chi connectivity index (χ3n) is 5.81. The number of nitrogens with one attached hydrogen (secondary N) is 1. The summed E-state index contributed by atoms with van der Waals surface area (Å²) < 4.78 is 24.7. The molecule has 0 amide bonds. The fraction of sp³-hybridized carbons (Fsp3) is 0.346. The highest BCUT2D eigenvalue weighted by molar-refractivity contribution is 7.80. The largest absolute Gasteiger partial charge is 0.494 e. The molecule has 1 N–H and O–H groups in total. The molecule has 178 valence electrons. The zero-order chi connectivity index (χ0) is 24.2. The molecule has 1 aliphatic rings. The van der Waals surface area contributed by atoms with Crippen LogP contribution in [-0.4, -0.2) is 33.3 Å². The van der Waals surface area contributed by atoms with Crippen molar-refractivity contribution in [1.29, 1.82) is 0 Å². The number of nitrogens with zero attached hydrogens (tertiary/aromatic N) is 3. The molecule has 8 heteroatoms. The predicted octanol–water partition coefficient (Wildman–Crippen LogP) is 5.98. The van der Waals surface area contributed by atoms with Crippen molar-refractivity contribution < 1.29 is 13.7 Å². The van der Waals surface area contributed by atoms with E-state index in [2.05, 4.69) is 34.2 Å². The summed E-state index contributed by atoms with van der Waals surface area (Å²) in [5.74, 6) is 1.84. The highest BCUT2D eigenvalue weighted by Crippen LogP contribution is 2.38. The molecule has 1 aliphatic heterocycles. The van der Waals surface area contributed by atoms with Gasteiger partial charge in [-0.15, -0.1) is 0 Å². The Labute approximate surface area is 204 Å². The maximum Gasteiger partial charge on any atom is 0.258 e. The molecule has 0 saturated heterocycles. The normalized spacial score (nSPS) is 16.2. The molecule has 1 atom stereocenters. The summed E-state index contributed by atoms with van der Waals surface area (Å²) in [5, 5.41) is 8.31. The van der Waals surface area contributed by atoms with E-state index in [4.69, 9.17) is 21.5 Å². The molecule has 0 fully saturated rings. The molecule has 34 heavy (non-hydrogen) atoms. The van der Waals surface area contributed by atoms with Crippen molar-refractivity contribution in [2.24, 2.45) is 5.92 Å². The van der Waals surface area contributed by atoms with Crippen LogP contribution in [-0.2, 0) is 0 Å². The van der Waals surface area contributed by atoms with Gasteiger partial charge in [0.25, 0.3) is 5.89 Å². The highest BCUT2D eigenvalue weighted by Gasteiger charge is 2.34. The minimum Gasteiger partial charge on any atom is -0.494 e. The standard InChI is InChI=1S/C26H29FN4O2S/c1-5-32-21-12-8-18(9-13-21)23-22(17(4)31(26(34)28-23)15-14-16(2)3)25-29-24(30-33-25)19-6-10-20(27)11-7-19/h6-13,16,23H,5,14-15H2,1-4H3,(H,28,34). The number of ether oxygens (including phenoxy) is 1. The Bertz CT molecular complexity index is 1170. The van der Waals surface area contributed by atoms with E-state index in [0.29, 0.717) is 34.9 Å². The van der Waals surface area contributed by atoms with Crippen molar-refractivity contribution in [2.45, 2.75) is 40.2 Å². The molecular weight excluding hydrogens is 451 g/mol. The van der Waals surface area contributed by atoms with Gasteiger partial charge in [-0.3, -0.25) is 0 Å². The number of hydrogen-bond donors (Lipinski definition) is 1. The topological polar surface area (TPSA) is 63.4 Å². The minimum atomic E-state index is -0.313. The van der Waals surface area contributed by atoms with Gasteiger partial charge in [0.05, 0.1) is 18.2 Å². The highest BCUT2D eigenvalue weighted by atomic mass is 32.1. The van der Waals surface area contributed by atoms with Crippen LogP contribution in [0.4, 0.5) is 4.39 Å². The van der Waals surface area contributed by atoms with Crippen LogP contribution < -0.4 is 10.1 Å². The second-order valence-corrected chi connectivity index (χ2v) is 9.03.